The summed E-state index contributed by atoms with van der Waals surface area (Å²) in [6.45, 7) is 0. The predicted octanol–water partition coefficient (Wildman–Crippen LogP) is -0.598. The molecule has 0 spiro atoms. The highest BCUT2D eigenvalue weighted by atomic mass is 19.4. The van der Waals surface area contributed by atoms with Crippen molar-refractivity contribution in [3.63, 3.8) is 0 Å². The molecule has 0 unspecified atom stereocenters. The number of amides is 1. The van der Waals surface area contributed by atoms with Gasteiger partial charge in [-0.15, -0.1) is 0 Å². The van der Waals surface area contributed by atoms with Gasteiger partial charge in [-0.3, -0.25) is 15.0 Å². The van der Waals surface area contributed by atoms with Crippen LogP contribution in [-0.2, 0) is 19.1 Å². The lowest BCUT2D eigenvalue weighted by Crippen LogP contribution is -2.54. The van der Waals surface area contributed by atoms with Crippen LogP contribution < -0.4 is 10.9 Å². The third-order valence-electron chi connectivity index (χ3n) is 1.75. The second kappa shape index (κ2) is 4.47. The lowest BCUT2D eigenvalue weighted by Gasteiger charge is -2.21. The minimum atomic E-state index is -5.04. The molecule has 6 nitrogen and oxygen atoms in total. The summed E-state index contributed by atoms with van der Waals surface area (Å²) in [6, 6.07) is -1.15. The largest absolute Gasteiger partial charge is 0.472 e. The number of halogens is 3. The number of rotatable bonds is 2. The number of hydrogen-bond acceptors (Lipinski definition) is 5. The Kier molecular flexibility index (Phi) is 3.48. The van der Waals surface area contributed by atoms with Crippen molar-refractivity contribution in [2.24, 2.45) is 0 Å². The number of hydrazine groups is 1. The summed E-state index contributed by atoms with van der Waals surface area (Å²) >= 11 is 0. The Balaban J connectivity index is 2.42. The van der Waals surface area contributed by atoms with E-state index in [1.807, 2.05) is 5.43 Å². The summed E-state index contributed by atoms with van der Waals surface area (Å²) in [6.07, 6.45) is -5.18. The van der Waals surface area contributed by atoms with Crippen LogP contribution in [0.2, 0.25) is 0 Å². The Morgan fingerprint density at radius 1 is 1.38 bits per heavy atom. The lowest BCUT2D eigenvalue weighted by molar-refractivity contribution is -0.176. The molecule has 1 amide bonds. The van der Waals surface area contributed by atoms with E-state index >= 15 is 0 Å². The highest BCUT2D eigenvalue weighted by Crippen LogP contribution is 2.14. The molecule has 1 saturated heterocycles. The van der Waals surface area contributed by atoms with E-state index in [4.69, 9.17) is 0 Å². The van der Waals surface area contributed by atoms with E-state index in [-0.39, 0.29) is 12.8 Å². The Hall–Kier alpha value is -1.64. The SMILES string of the molecule is O=C1CC[C@H](NNC(=O)C(F)(F)F)C(=O)O1. The van der Waals surface area contributed by atoms with Crippen LogP contribution in [0.4, 0.5) is 13.2 Å². The highest BCUT2D eigenvalue weighted by Gasteiger charge is 2.39. The van der Waals surface area contributed by atoms with Crippen LogP contribution >= 0.6 is 0 Å². The van der Waals surface area contributed by atoms with Crippen molar-refractivity contribution in [3.8, 4) is 0 Å². The fourth-order valence-electron chi connectivity index (χ4n) is 0.969. The molecule has 1 fully saturated rings. The number of ether oxygens (including phenoxy) is 1. The van der Waals surface area contributed by atoms with Crippen molar-refractivity contribution < 1.29 is 32.3 Å². The van der Waals surface area contributed by atoms with Crippen LogP contribution in [0, 0.1) is 0 Å². The van der Waals surface area contributed by atoms with Gasteiger partial charge in [-0.25, -0.2) is 10.2 Å². The first-order chi connectivity index (χ1) is 7.30. The Bertz CT molecular complexity index is 328. The van der Waals surface area contributed by atoms with E-state index in [0.29, 0.717) is 0 Å². The van der Waals surface area contributed by atoms with Crippen LogP contribution in [0.5, 0.6) is 0 Å². The summed E-state index contributed by atoms with van der Waals surface area (Å²) in [7, 11) is 0. The van der Waals surface area contributed by atoms with Gasteiger partial charge in [0, 0.05) is 6.42 Å². The molecule has 1 rings (SSSR count). The third kappa shape index (κ3) is 3.19. The topological polar surface area (TPSA) is 84.5 Å². The first-order valence-corrected chi connectivity index (χ1v) is 4.18. The maximum atomic E-state index is 11.7. The van der Waals surface area contributed by atoms with Gasteiger partial charge in [0.15, 0.2) is 0 Å². The minimum absolute atomic E-state index is 0.0319. The molecule has 0 aromatic carbocycles. The molecule has 0 saturated carbocycles. The van der Waals surface area contributed by atoms with Gasteiger partial charge in [0.05, 0.1) is 0 Å². The van der Waals surface area contributed by atoms with E-state index < -0.39 is 30.1 Å². The number of alkyl halides is 3. The van der Waals surface area contributed by atoms with Crippen molar-refractivity contribution in [3.05, 3.63) is 0 Å². The average Bonchev–Trinajstić information content (AvgIpc) is 2.14. The normalized spacial score (nSPS) is 21.6. The van der Waals surface area contributed by atoms with Crippen LogP contribution in [0.15, 0.2) is 0 Å². The number of hydrogen-bond donors (Lipinski definition) is 2. The van der Waals surface area contributed by atoms with E-state index in [1.54, 1.807) is 0 Å². The summed E-state index contributed by atoms with van der Waals surface area (Å²) in [5, 5.41) is 0. The van der Waals surface area contributed by atoms with E-state index in [2.05, 4.69) is 4.74 Å². The standard InChI is InChI=1S/C7H7F3N2O4/c8-7(9,10)6(15)12-11-3-1-2-4(13)16-5(3)14/h3,11H,1-2H2,(H,12,15)/t3-/m0/s1. The van der Waals surface area contributed by atoms with Crippen LogP contribution in [0.3, 0.4) is 0 Å². The number of esters is 2. The van der Waals surface area contributed by atoms with Crippen molar-refractivity contribution >= 4 is 17.8 Å². The molecular formula is C7H7F3N2O4. The Labute approximate surface area is 87.1 Å². The number of carbonyl (C=O) groups excluding carboxylic acids is 3. The maximum absolute atomic E-state index is 11.7. The Morgan fingerprint density at radius 2 is 2.00 bits per heavy atom. The monoisotopic (exact) mass is 240 g/mol. The molecule has 2 N–H and O–H groups in total. The first-order valence-electron chi connectivity index (χ1n) is 4.18. The summed E-state index contributed by atoms with van der Waals surface area (Å²) in [4.78, 5) is 31.9. The summed E-state index contributed by atoms with van der Waals surface area (Å²) < 4.78 is 39.4. The summed E-state index contributed by atoms with van der Waals surface area (Å²) in [5.74, 6) is -3.99. The van der Waals surface area contributed by atoms with Crippen LogP contribution in [0.1, 0.15) is 12.8 Å². The van der Waals surface area contributed by atoms with Gasteiger partial charge in [0.25, 0.3) is 0 Å². The van der Waals surface area contributed by atoms with E-state index in [0.717, 1.165) is 0 Å². The molecule has 9 heteroatoms. The molecular weight excluding hydrogens is 233 g/mol. The molecule has 90 valence electrons. The number of nitrogens with one attached hydrogen (secondary N) is 2. The van der Waals surface area contributed by atoms with Crippen molar-refractivity contribution in [2.45, 2.75) is 25.1 Å². The van der Waals surface area contributed by atoms with Crippen LogP contribution in [0.25, 0.3) is 0 Å². The zero-order valence-electron chi connectivity index (χ0n) is 7.76. The molecule has 1 aliphatic rings. The quantitative estimate of drug-likeness (QED) is 0.382. The van der Waals surface area contributed by atoms with Gasteiger partial charge in [0.1, 0.15) is 6.04 Å². The lowest BCUT2D eigenvalue weighted by atomic mass is 10.1. The number of cyclic esters (lactones) is 2. The molecule has 1 heterocycles. The number of carbonyl (C=O) groups is 3. The fraction of sp³-hybridized carbons (Fsp3) is 0.571. The Morgan fingerprint density at radius 3 is 2.50 bits per heavy atom. The fourth-order valence-corrected chi connectivity index (χ4v) is 0.969. The third-order valence-corrected chi connectivity index (χ3v) is 1.75. The van der Waals surface area contributed by atoms with Crippen LogP contribution in [-0.4, -0.2) is 30.1 Å². The van der Waals surface area contributed by atoms with Crippen molar-refractivity contribution in [1.29, 1.82) is 0 Å². The maximum Gasteiger partial charge on any atom is 0.472 e. The zero-order valence-corrected chi connectivity index (χ0v) is 7.76. The van der Waals surface area contributed by atoms with Gasteiger partial charge in [-0.05, 0) is 6.42 Å². The van der Waals surface area contributed by atoms with Gasteiger partial charge in [0.2, 0.25) is 0 Å². The van der Waals surface area contributed by atoms with Gasteiger partial charge in [-0.1, -0.05) is 0 Å². The predicted molar refractivity (Wildman–Crippen MR) is 41.5 cm³/mol. The van der Waals surface area contributed by atoms with Crippen molar-refractivity contribution in [1.82, 2.24) is 10.9 Å². The molecule has 0 bridgehead atoms. The van der Waals surface area contributed by atoms with E-state index in [9.17, 15) is 27.6 Å². The molecule has 0 aromatic heterocycles. The second-order valence-corrected chi connectivity index (χ2v) is 2.98. The molecule has 1 atom stereocenters. The molecule has 1 aliphatic heterocycles. The average molecular weight is 240 g/mol. The van der Waals surface area contributed by atoms with Gasteiger partial charge < -0.3 is 4.74 Å². The smallest absolute Gasteiger partial charge is 0.392 e. The molecule has 0 aliphatic carbocycles. The highest BCUT2D eigenvalue weighted by molar-refractivity contribution is 5.91. The molecule has 16 heavy (non-hydrogen) atoms. The van der Waals surface area contributed by atoms with Gasteiger partial charge >= 0.3 is 24.0 Å². The first kappa shape index (κ1) is 12.4. The molecule has 0 radical (unpaired) electrons. The minimum Gasteiger partial charge on any atom is -0.392 e. The van der Waals surface area contributed by atoms with Crippen molar-refractivity contribution in [2.75, 3.05) is 0 Å². The van der Waals surface area contributed by atoms with Gasteiger partial charge in [-0.2, -0.15) is 13.2 Å². The second-order valence-electron chi connectivity index (χ2n) is 2.98. The van der Waals surface area contributed by atoms with E-state index in [1.165, 1.54) is 5.43 Å². The molecule has 0 aromatic rings. The summed E-state index contributed by atoms with van der Waals surface area (Å²) in [5.41, 5.74) is 3.16. The zero-order chi connectivity index (χ0) is 12.3.